The van der Waals surface area contributed by atoms with Crippen molar-refractivity contribution >= 4 is 11.7 Å². The molecule has 0 saturated heterocycles. The molecule has 1 amide bonds. The van der Waals surface area contributed by atoms with Gasteiger partial charge in [-0.05, 0) is 12.1 Å². The van der Waals surface area contributed by atoms with Crippen LogP contribution in [-0.2, 0) is 4.79 Å². The first-order chi connectivity index (χ1) is 8.23. The van der Waals surface area contributed by atoms with Crippen molar-refractivity contribution in [1.29, 1.82) is 0 Å². The molecular weight excluding hydrogens is 237 g/mol. The molecule has 98 valence electrons. The molecule has 0 aromatic heterocycles. The average molecular weight is 253 g/mol. The number of Topliss-reactive ketones (excluding diaryl/α,β-unsaturated/α-hetero) is 1. The summed E-state index contributed by atoms with van der Waals surface area (Å²) in [7, 11) is 0. The van der Waals surface area contributed by atoms with Crippen molar-refractivity contribution in [3.05, 3.63) is 29.6 Å². The quantitative estimate of drug-likeness (QED) is 0.864. The minimum atomic E-state index is -0.823. The van der Waals surface area contributed by atoms with Gasteiger partial charge in [-0.1, -0.05) is 26.8 Å². The van der Waals surface area contributed by atoms with E-state index < -0.39 is 28.5 Å². The van der Waals surface area contributed by atoms with Gasteiger partial charge in [-0.2, -0.15) is 0 Å². The van der Waals surface area contributed by atoms with Crippen LogP contribution in [0, 0.1) is 11.2 Å². The normalized spacial score (nSPS) is 11.1. The maximum atomic E-state index is 13.4. The molecule has 5 heteroatoms. The average Bonchev–Trinajstić information content (AvgIpc) is 2.24. The summed E-state index contributed by atoms with van der Waals surface area (Å²) in [4.78, 5) is 23.3. The van der Waals surface area contributed by atoms with Crippen molar-refractivity contribution in [2.75, 3.05) is 6.54 Å². The molecule has 0 heterocycles. The fourth-order valence-corrected chi connectivity index (χ4v) is 1.25. The highest BCUT2D eigenvalue weighted by Crippen LogP contribution is 2.19. The number of benzene rings is 1. The molecule has 0 saturated carbocycles. The van der Waals surface area contributed by atoms with Crippen LogP contribution < -0.4 is 5.32 Å². The van der Waals surface area contributed by atoms with Gasteiger partial charge in [0.25, 0.3) is 5.91 Å². The minimum Gasteiger partial charge on any atom is -0.507 e. The number of aromatic hydroxyl groups is 1. The second-order valence-electron chi connectivity index (χ2n) is 4.99. The predicted octanol–water partition coefficient (Wildman–Crippen LogP) is 1.88. The van der Waals surface area contributed by atoms with E-state index in [2.05, 4.69) is 5.32 Å². The van der Waals surface area contributed by atoms with Crippen LogP contribution in [-0.4, -0.2) is 23.3 Å². The Balaban J connectivity index is 2.76. The highest BCUT2D eigenvalue weighted by atomic mass is 19.1. The third kappa shape index (κ3) is 3.29. The fourth-order valence-electron chi connectivity index (χ4n) is 1.25. The Labute approximate surface area is 105 Å². The lowest BCUT2D eigenvalue weighted by Gasteiger charge is -2.16. The van der Waals surface area contributed by atoms with Crippen LogP contribution in [0.2, 0.25) is 0 Å². The van der Waals surface area contributed by atoms with Gasteiger partial charge in [-0.15, -0.1) is 0 Å². The molecule has 18 heavy (non-hydrogen) atoms. The van der Waals surface area contributed by atoms with E-state index in [1.807, 2.05) is 0 Å². The smallest absolute Gasteiger partial charge is 0.258 e. The molecule has 1 aromatic rings. The molecule has 0 fully saturated rings. The summed E-state index contributed by atoms with van der Waals surface area (Å²) in [5.41, 5.74) is -1.02. The molecular formula is C13H16FNO3. The predicted molar refractivity (Wildman–Crippen MR) is 64.9 cm³/mol. The van der Waals surface area contributed by atoms with Gasteiger partial charge in [-0.3, -0.25) is 9.59 Å². The Morgan fingerprint density at radius 1 is 1.33 bits per heavy atom. The molecule has 0 spiro atoms. The highest BCUT2D eigenvalue weighted by Gasteiger charge is 2.23. The topological polar surface area (TPSA) is 66.4 Å². The van der Waals surface area contributed by atoms with E-state index in [0.717, 1.165) is 6.07 Å². The van der Waals surface area contributed by atoms with E-state index in [1.54, 1.807) is 20.8 Å². The van der Waals surface area contributed by atoms with Gasteiger partial charge in [0.05, 0.1) is 6.54 Å². The van der Waals surface area contributed by atoms with Crippen LogP contribution in [0.5, 0.6) is 5.75 Å². The molecule has 0 unspecified atom stereocenters. The zero-order chi connectivity index (χ0) is 13.9. The standard InChI is InChI=1S/C13H16FNO3/c1-13(2,3)10(17)7-15-12(18)11-8(14)5-4-6-9(11)16/h4-6,16H,7H2,1-3H3,(H,15,18). The van der Waals surface area contributed by atoms with Gasteiger partial charge in [0.1, 0.15) is 17.1 Å². The Morgan fingerprint density at radius 3 is 2.44 bits per heavy atom. The maximum Gasteiger partial charge on any atom is 0.258 e. The molecule has 4 nitrogen and oxygen atoms in total. The second kappa shape index (κ2) is 5.16. The van der Waals surface area contributed by atoms with Crippen LogP contribution in [0.25, 0.3) is 0 Å². The van der Waals surface area contributed by atoms with Gasteiger partial charge < -0.3 is 10.4 Å². The molecule has 1 aromatic carbocycles. The van der Waals surface area contributed by atoms with E-state index in [0.29, 0.717) is 0 Å². The second-order valence-corrected chi connectivity index (χ2v) is 4.99. The van der Waals surface area contributed by atoms with Crippen molar-refractivity contribution in [3.8, 4) is 5.75 Å². The first-order valence-corrected chi connectivity index (χ1v) is 5.52. The zero-order valence-electron chi connectivity index (χ0n) is 10.6. The number of ketones is 1. The first kappa shape index (κ1) is 14.2. The van der Waals surface area contributed by atoms with E-state index in [-0.39, 0.29) is 12.3 Å². The molecule has 2 N–H and O–H groups in total. The number of hydrogen-bond donors (Lipinski definition) is 2. The van der Waals surface area contributed by atoms with E-state index in [4.69, 9.17) is 0 Å². The van der Waals surface area contributed by atoms with E-state index in [9.17, 15) is 19.1 Å². The lowest BCUT2D eigenvalue weighted by atomic mass is 9.91. The lowest BCUT2D eigenvalue weighted by molar-refractivity contribution is -0.125. The van der Waals surface area contributed by atoms with Gasteiger partial charge in [0, 0.05) is 5.41 Å². The summed E-state index contributed by atoms with van der Waals surface area (Å²) in [6.07, 6.45) is 0. The number of carbonyl (C=O) groups excluding carboxylic acids is 2. The zero-order valence-corrected chi connectivity index (χ0v) is 10.6. The van der Waals surface area contributed by atoms with E-state index in [1.165, 1.54) is 12.1 Å². The molecule has 0 atom stereocenters. The number of phenolic OH excluding ortho intramolecular Hbond substituents is 1. The molecule has 0 bridgehead atoms. The Bertz CT molecular complexity index is 457. The van der Waals surface area contributed by atoms with Gasteiger partial charge in [0.15, 0.2) is 5.78 Å². The summed E-state index contributed by atoms with van der Waals surface area (Å²) >= 11 is 0. The summed E-state index contributed by atoms with van der Waals surface area (Å²) in [6, 6.07) is 3.57. The summed E-state index contributed by atoms with van der Waals surface area (Å²) in [5, 5.41) is 11.7. The Morgan fingerprint density at radius 2 is 1.94 bits per heavy atom. The number of carbonyl (C=O) groups is 2. The number of nitrogens with one attached hydrogen (secondary N) is 1. The van der Waals surface area contributed by atoms with Crippen LogP contribution >= 0.6 is 0 Å². The third-order valence-corrected chi connectivity index (χ3v) is 2.46. The lowest BCUT2D eigenvalue weighted by Crippen LogP contribution is -2.35. The Kier molecular flexibility index (Phi) is 4.06. The summed E-state index contributed by atoms with van der Waals surface area (Å²) in [6.45, 7) is 4.97. The molecule has 0 aliphatic rings. The number of halogens is 1. The van der Waals surface area contributed by atoms with Crippen LogP contribution in [0.4, 0.5) is 4.39 Å². The van der Waals surface area contributed by atoms with Gasteiger partial charge >= 0.3 is 0 Å². The minimum absolute atomic E-state index is 0.174. The fraction of sp³-hybridized carbons (Fsp3) is 0.385. The highest BCUT2D eigenvalue weighted by molar-refractivity contribution is 5.99. The van der Waals surface area contributed by atoms with Crippen molar-refractivity contribution in [2.24, 2.45) is 5.41 Å². The largest absolute Gasteiger partial charge is 0.507 e. The third-order valence-electron chi connectivity index (χ3n) is 2.46. The van der Waals surface area contributed by atoms with Crippen LogP contribution in [0.3, 0.4) is 0 Å². The van der Waals surface area contributed by atoms with Gasteiger partial charge in [0.2, 0.25) is 0 Å². The van der Waals surface area contributed by atoms with Crippen molar-refractivity contribution < 1.29 is 19.1 Å². The molecule has 0 aliphatic carbocycles. The van der Waals surface area contributed by atoms with Crippen molar-refractivity contribution in [1.82, 2.24) is 5.32 Å². The molecule has 0 radical (unpaired) electrons. The SMILES string of the molecule is CC(C)(C)C(=O)CNC(=O)c1c(O)cccc1F. The van der Waals surface area contributed by atoms with Crippen molar-refractivity contribution in [3.63, 3.8) is 0 Å². The maximum absolute atomic E-state index is 13.4. The van der Waals surface area contributed by atoms with Crippen molar-refractivity contribution in [2.45, 2.75) is 20.8 Å². The van der Waals surface area contributed by atoms with Gasteiger partial charge in [-0.25, -0.2) is 4.39 Å². The van der Waals surface area contributed by atoms with Crippen LogP contribution in [0.1, 0.15) is 31.1 Å². The molecule has 1 rings (SSSR count). The number of rotatable bonds is 3. The monoisotopic (exact) mass is 253 g/mol. The number of amides is 1. The molecule has 0 aliphatic heterocycles. The van der Waals surface area contributed by atoms with E-state index >= 15 is 0 Å². The Hall–Kier alpha value is -1.91. The number of hydrogen-bond acceptors (Lipinski definition) is 3. The van der Waals surface area contributed by atoms with Crippen LogP contribution in [0.15, 0.2) is 18.2 Å². The first-order valence-electron chi connectivity index (χ1n) is 5.52. The summed E-state index contributed by atoms with van der Waals surface area (Å²) < 4.78 is 13.4. The summed E-state index contributed by atoms with van der Waals surface area (Å²) in [5.74, 6) is -2.25. The number of phenols is 1.